The van der Waals surface area contributed by atoms with Crippen LogP contribution >= 0.6 is 0 Å². The first kappa shape index (κ1) is 25.9. The molecule has 0 radical (unpaired) electrons. The Balaban J connectivity index is 1.42. The number of carbonyl (C=O) groups is 3. The normalized spacial score (nSPS) is 14.2. The zero-order valence-electron chi connectivity index (χ0n) is 20.9. The van der Waals surface area contributed by atoms with Gasteiger partial charge in [-0.1, -0.05) is 60.7 Å². The van der Waals surface area contributed by atoms with Crippen molar-refractivity contribution in [3.63, 3.8) is 0 Å². The Kier molecular flexibility index (Phi) is 7.31. The molecule has 0 fully saturated rings. The molecule has 0 saturated heterocycles. The van der Waals surface area contributed by atoms with E-state index in [1.165, 1.54) is 0 Å². The Labute approximate surface area is 215 Å². The fourth-order valence-corrected chi connectivity index (χ4v) is 4.47. The van der Waals surface area contributed by atoms with Crippen LogP contribution in [0.15, 0.2) is 72.8 Å². The highest BCUT2D eigenvalue weighted by atomic mass is 16.6. The molecule has 0 aliphatic heterocycles. The lowest BCUT2D eigenvalue weighted by molar-refractivity contribution is -0.139. The molecule has 1 amide bonds. The van der Waals surface area contributed by atoms with Gasteiger partial charge in [-0.15, -0.1) is 0 Å². The smallest absolute Gasteiger partial charge is 0.408 e. The molecule has 1 aliphatic rings. The molecule has 8 heteroatoms. The van der Waals surface area contributed by atoms with Crippen molar-refractivity contribution in [2.45, 2.75) is 51.0 Å². The third-order valence-electron chi connectivity index (χ3n) is 6.07. The number of hydrogen-bond acceptors (Lipinski definition) is 6. The Morgan fingerprint density at radius 3 is 1.97 bits per heavy atom. The number of rotatable bonds is 7. The molecular weight excluding hydrogens is 472 g/mol. The second kappa shape index (κ2) is 10.4. The van der Waals surface area contributed by atoms with Crippen molar-refractivity contribution in [1.82, 2.24) is 5.32 Å². The summed E-state index contributed by atoms with van der Waals surface area (Å²) in [4.78, 5) is 36.5. The molecule has 0 aromatic heterocycles. The molecule has 0 bridgehead atoms. The van der Waals surface area contributed by atoms with Gasteiger partial charge in [-0.05, 0) is 60.7 Å². The molecule has 4 rings (SSSR count). The largest absolute Gasteiger partial charge is 0.480 e. The number of hydrogen-bond donors (Lipinski definition) is 3. The highest BCUT2D eigenvalue weighted by Gasteiger charge is 2.34. The first-order valence-corrected chi connectivity index (χ1v) is 12.0. The monoisotopic (exact) mass is 502 g/mol. The molecule has 0 saturated carbocycles. The van der Waals surface area contributed by atoms with Gasteiger partial charge in [-0.25, -0.2) is 14.4 Å². The number of aliphatic carboxylic acids is 1. The fourth-order valence-electron chi connectivity index (χ4n) is 4.47. The van der Waals surface area contributed by atoms with Crippen molar-refractivity contribution >= 4 is 18.0 Å². The van der Waals surface area contributed by atoms with E-state index in [0.717, 1.165) is 22.3 Å². The predicted molar refractivity (Wildman–Crippen MR) is 138 cm³/mol. The number of carbonyl (C=O) groups excluding carboxylic acids is 2. The highest BCUT2D eigenvalue weighted by molar-refractivity contribution is 5.90. The quantitative estimate of drug-likeness (QED) is 0.321. The van der Waals surface area contributed by atoms with Gasteiger partial charge >= 0.3 is 18.0 Å². The second-order valence-electron chi connectivity index (χ2n) is 9.96. The lowest BCUT2D eigenvalue weighted by atomic mass is 9.95. The number of carboxylic acid groups (broad SMARTS) is 1. The predicted octanol–water partition coefficient (Wildman–Crippen LogP) is 4.46. The van der Waals surface area contributed by atoms with Crippen molar-refractivity contribution in [2.24, 2.45) is 5.73 Å². The van der Waals surface area contributed by atoms with E-state index in [1.807, 2.05) is 48.5 Å². The van der Waals surface area contributed by atoms with E-state index in [1.54, 1.807) is 45.0 Å². The van der Waals surface area contributed by atoms with Crippen LogP contribution in [0.4, 0.5) is 4.79 Å². The van der Waals surface area contributed by atoms with Gasteiger partial charge in [0, 0.05) is 6.42 Å². The topological polar surface area (TPSA) is 128 Å². The third-order valence-corrected chi connectivity index (χ3v) is 6.07. The maximum Gasteiger partial charge on any atom is 0.408 e. The van der Waals surface area contributed by atoms with Gasteiger partial charge in [-0.3, -0.25) is 5.73 Å². The second-order valence-corrected chi connectivity index (χ2v) is 9.96. The number of carboxylic acids is 1. The standard InChI is InChI=1S/C29H30N2O6/c1-29(2,3)37-28(35)31-23(26(32)33)16-17-12-14-18(15-13-17)27(34)36-25(30)24-21-10-6-4-8-19(21)20-9-5-7-11-22(20)24/h4-15,23-25H,16,30H2,1-3H3,(H,31,35)(H,32,33)/t23-,25?/m1/s1. The highest BCUT2D eigenvalue weighted by Crippen LogP contribution is 2.45. The summed E-state index contributed by atoms with van der Waals surface area (Å²) in [6.07, 6.45) is -1.70. The number of fused-ring (bicyclic) bond motifs is 3. The number of amides is 1. The van der Waals surface area contributed by atoms with Crippen molar-refractivity contribution < 1.29 is 29.0 Å². The zero-order valence-corrected chi connectivity index (χ0v) is 20.9. The molecule has 3 aromatic rings. The molecule has 1 unspecified atom stereocenters. The Morgan fingerprint density at radius 1 is 0.919 bits per heavy atom. The van der Waals surface area contributed by atoms with E-state index in [0.29, 0.717) is 5.56 Å². The number of benzene rings is 3. The Hall–Kier alpha value is -4.17. The summed E-state index contributed by atoms with van der Waals surface area (Å²) in [5, 5.41) is 11.9. The van der Waals surface area contributed by atoms with Crippen LogP contribution in [-0.4, -0.2) is 41.0 Å². The molecular formula is C29H30N2O6. The molecule has 192 valence electrons. The number of esters is 1. The van der Waals surface area contributed by atoms with Crippen LogP contribution in [0.1, 0.15) is 53.7 Å². The van der Waals surface area contributed by atoms with Crippen molar-refractivity contribution in [1.29, 1.82) is 0 Å². The number of ether oxygens (including phenoxy) is 2. The van der Waals surface area contributed by atoms with Crippen LogP contribution < -0.4 is 11.1 Å². The minimum atomic E-state index is -1.20. The van der Waals surface area contributed by atoms with Crippen LogP contribution in [0.5, 0.6) is 0 Å². The number of alkyl carbamates (subject to hydrolysis) is 1. The van der Waals surface area contributed by atoms with E-state index in [4.69, 9.17) is 15.2 Å². The van der Waals surface area contributed by atoms with Crippen molar-refractivity contribution in [2.75, 3.05) is 0 Å². The number of nitrogens with one attached hydrogen (secondary N) is 1. The van der Waals surface area contributed by atoms with Crippen LogP contribution in [0.25, 0.3) is 11.1 Å². The summed E-state index contributed by atoms with van der Waals surface area (Å²) in [6, 6.07) is 21.0. The fraction of sp³-hybridized carbons (Fsp3) is 0.276. The zero-order chi connectivity index (χ0) is 26.7. The SMILES string of the molecule is CC(C)(C)OC(=O)N[C@H](Cc1ccc(C(=O)OC(N)C2c3ccccc3-c3ccccc32)cc1)C(=O)O. The molecule has 0 heterocycles. The molecule has 3 aromatic carbocycles. The van der Waals surface area contributed by atoms with Crippen LogP contribution in [0, 0.1) is 0 Å². The molecule has 4 N–H and O–H groups in total. The van der Waals surface area contributed by atoms with E-state index < -0.39 is 35.9 Å². The molecule has 8 nitrogen and oxygen atoms in total. The molecule has 2 atom stereocenters. The minimum Gasteiger partial charge on any atom is -0.480 e. The lowest BCUT2D eigenvalue weighted by Crippen LogP contribution is -2.44. The van der Waals surface area contributed by atoms with Crippen molar-refractivity contribution in [3.05, 3.63) is 95.1 Å². The van der Waals surface area contributed by atoms with Gasteiger partial charge in [0.25, 0.3) is 0 Å². The summed E-state index contributed by atoms with van der Waals surface area (Å²) < 4.78 is 10.8. The van der Waals surface area contributed by atoms with E-state index in [-0.39, 0.29) is 17.9 Å². The Morgan fingerprint density at radius 2 is 1.46 bits per heavy atom. The van der Waals surface area contributed by atoms with Crippen LogP contribution in [-0.2, 0) is 20.7 Å². The van der Waals surface area contributed by atoms with Gasteiger partial charge in [0.2, 0.25) is 0 Å². The first-order chi connectivity index (χ1) is 17.5. The van der Waals surface area contributed by atoms with Gasteiger partial charge < -0.3 is 19.9 Å². The van der Waals surface area contributed by atoms with Crippen LogP contribution in [0.2, 0.25) is 0 Å². The summed E-state index contributed by atoms with van der Waals surface area (Å²) in [5.74, 6) is -2.06. The maximum atomic E-state index is 12.9. The number of nitrogens with two attached hydrogens (primary N) is 1. The average molecular weight is 503 g/mol. The third kappa shape index (κ3) is 5.98. The molecule has 1 aliphatic carbocycles. The Bertz CT molecular complexity index is 1270. The molecule has 0 spiro atoms. The summed E-state index contributed by atoms with van der Waals surface area (Å²) in [7, 11) is 0. The minimum absolute atomic E-state index is 0.0130. The van der Waals surface area contributed by atoms with Gasteiger partial charge in [-0.2, -0.15) is 0 Å². The van der Waals surface area contributed by atoms with E-state index in [2.05, 4.69) is 5.32 Å². The average Bonchev–Trinajstić information content (AvgIpc) is 3.17. The van der Waals surface area contributed by atoms with Crippen LogP contribution in [0.3, 0.4) is 0 Å². The van der Waals surface area contributed by atoms with Crippen molar-refractivity contribution in [3.8, 4) is 11.1 Å². The summed E-state index contributed by atoms with van der Waals surface area (Å²) >= 11 is 0. The summed E-state index contributed by atoms with van der Waals surface area (Å²) in [6.45, 7) is 5.07. The lowest BCUT2D eigenvalue weighted by Gasteiger charge is -2.22. The van der Waals surface area contributed by atoms with E-state index in [9.17, 15) is 19.5 Å². The molecule has 37 heavy (non-hydrogen) atoms. The maximum absolute atomic E-state index is 12.9. The van der Waals surface area contributed by atoms with Gasteiger partial charge in [0.1, 0.15) is 11.6 Å². The summed E-state index contributed by atoms with van der Waals surface area (Å²) in [5.41, 5.74) is 10.7. The first-order valence-electron chi connectivity index (χ1n) is 12.0. The van der Waals surface area contributed by atoms with Gasteiger partial charge in [0.15, 0.2) is 6.23 Å². The van der Waals surface area contributed by atoms with E-state index >= 15 is 0 Å². The van der Waals surface area contributed by atoms with Gasteiger partial charge in [0.05, 0.1) is 11.5 Å².